The molecule has 1 aromatic rings. The molecule has 0 bridgehead atoms. The molecule has 5 nitrogen and oxygen atoms in total. The number of methoxy groups -OCH3 is 1. The second kappa shape index (κ2) is 5.46. The molecule has 1 aromatic carbocycles. The standard InChI is InChI=1S/C12H16N4O/c1-17-11-4-5-12(16-6-2-3-7-16)10(8-11)9-14-15-13/h4-5,8H,2-3,6-7,9H2,1H3. The minimum atomic E-state index is 0.375. The van der Waals surface area contributed by atoms with Gasteiger partial charge < -0.3 is 9.64 Å². The molecule has 0 saturated carbocycles. The largest absolute Gasteiger partial charge is 0.497 e. The zero-order valence-electron chi connectivity index (χ0n) is 9.96. The van der Waals surface area contributed by atoms with Gasteiger partial charge in [0.1, 0.15) is 5.75 Å². The van der Waals surface area contributed by atoms with E-state index in [-0.39, 0.29) is 0 Å². The zero-order chi connectivity index (χ0) is 12.1. The summed E-state index contributed by atoms with van der Waals surface area (Å²) >= 11 is 0. The number of benzene rings is 1. The van der Waals surface area contributed by atoms with Crippen molar-refractivity contribution in [1.29, 1.82) is 0 Å². The lowest BCUT2D eigenvalue weighted by molar-refractivity contribution is 0.414. The van der Waals surface area contributed by atoms with Crippen LogP contribution in [0.1, 0.15) is 18.4 Å². The normalized spacial score (nSPS) is 14.5. The summed E-state index contributed by atoms with van der Waals surface area (Å²) < 4.78 is 5.20. The summed E-state index contributed by atoms with van der Waals surface area (Å²) in [6.07, 6.45) is 2.46. The maximum absolute atomic E-state index is 8.42. The summed E-state index contributed by atoms with van der Waals surface area (Å²) in [6.45, 7) is 2.53. The Morgan fingerprint density at radius 2 is 2.18 bits per heavy atom. The predicted octanol–water partition coefficient (Wildman–Crippen LogP) is 3.11. The molecular weight excluding hydrogens is 216 g/mol. The van der Waals surface area contributed by atoms with Crippen LogP contribution in [-0.4, -0.2) is 20.2 Å². The summed E-state index contributed by atoms with van der Waals surface area (Å²) in [6, 6.07) is 5.95. The van der Waals surface area contributed by atoms with Crippen molar-refractivity contribution in [3.05, 3.63) is 34.2 Å². The van der Waals surface area contributed by atoms with Crippen LogP contribution < -0.4 is 9.64 Å². The van der Waals surface area contributed by atoms with E-state index < -0.39 is 0 Å². The zero-order valence-corrected chi connectivity index (χ0v) is 9.96. The van der Waals surface area contributed by atoms with Crippen LogP contribution in [0.3, 0.4) is 0 Å². The Balaban J connectivity index is 2.31. The molecule has 0 aliphatic carbocycles. The Bertz CT molecular complexity index is 434. The van der Waals surface area contributed by atoms with Gasteiger partial charge in [0.15, 0.2) is 0 Å². The fraction of sp³-hybridized carbons (Fsp3) is 0.500. The molecule has 90 valence electrons. The molecule has 0 atom stereocenters. The van der Waals surface area contributed by atoms with E-state index in [2.05, 4.69) is 14.9 Å². The fourth-order valence-electron chi connectivity index (χ4n) is 2.19. The van der Waals surface area contributed by atoms with Crippen LogP contribution in [0, 0.1) is 0 Å². The molecule has 0 unspecified atom stereocenters. The van der Waals surface area contributed by atoms with Gasteiger partial charge >= 0.3 is 0 Å². The van der Waals surface area contributed by atoms with Gasteiger partial charge in [-0.15, -0.1) is 0 Å². The summed E-state index contributed by atoms with van der Waals surface area (Å²) in [4.78, 5) is 5.15. The van der Waals surface area contributed by atoms with Crippen molar-refractivity contribution < 1.29 is 4.74 Å². The fourth-order valence-corrected chi connectivity index (χ4v) is 2.19. The van der Waals surface area contributed by atoms with Crippen molar-refractivity contribution in [2.45, 2.75) is 19.4 Å². The molecule has 5 heteroatoms. The number of ether oxygens (including phenoxy) is 1. The topological polar surface area (TPSA) is 61.2 Å². The van der Waals surface area contributed by atoms with Crippen LogP contribution in [-0.2, 0) is 6.54 Å². The maximum atomic E-state index is 8.42. The van der Waals surface area contributed by atoms with E-state index in [0.717, 1.165) is 30.1 Å². The number of nitrogens with zero attached hydrogens (tertiary/aromatic N) is 4. The molecule has 1 aliphatic heterocycles. The lowest BCUT2D eigenvalue weighted by Gasteiger charge is -2.21. The highest BCUT2D eigenvalue weighted by Gasteiger charge is 2.15. The van der Waals surface area contributed by atoms with E-state index in [1.54, 1.807) is 7.11 Å². The van der Waals surface area contributed by atoms with Gasteiger partial charge in [0.2, 0.25) is 0 Å². The lowest BCUT2D eigenvalue weighted by atomic mass is 10.1. The van der Waals surface area contributed by atoms with Crippen LogP contribution in [0.4, 0.5) is 5.69 Å². The summed E-state index contributed by atoms with van der Waals surface area (Å²) in [5, 5.41) is 3.65. The first kappa shape index (κ1) is 11.6. The Morgan fingerprint density at radius 1 is 1.41 bits per heavy atom. The van der Waals surface area contributed by atoms with Crippen molar-refractivity contribution in [3.8, 4) is 5.75 Å². The minimum absolute atomic E-state index is 0.375. The first-order chi connectivity index (χ1) is 8.35. The highest BCUT2D eigenvalue weighted by Crippen LogP contribution is 2.28. The predicted molar refractivity (Wildman–Crippen MR) is 67.3 cm³/mol. The Labute approximate surface area is 101 Å². The van der Waals surface area contributed by atoms with Crippen LogP contribution >= 0.6 is 0 Å². The molecule has 0 aromatic heterocycles. The molecule has 0 amide bonds. The summed E-state index contributed by atoms with van der Waals surface area (Å²) in [7, 11) is 1.64. The van der Waals surface area contributed by atoms with Gasteiger partial charge in [0.25, 0.3) is 0 Å². The number of rotatable bonds is 4. The molecular formula is C12H16N4O. The van der Waals surface area contributed by atoms with Crippen molar-refractivity contribution in [3.63, 3.8) is 0 Å². The Morgan fingerprint density at radius 3 is 2.82 bits per heavy atom. The van der Waals surface area contributed by atoms with E-state index in [4.69, 9.17) is 10.3 Å². The van der Waals surface area contributed by atoms with Gasteiger partial charge in [-0.05, 0) is 42.1 Å². The van der Waals surface area contributed by atoms with Gasteiger partial charge in [-0.2, -0.15) is 0 Å². The highest BCUT2D eigenvalue weighted by atomic mass is 16.5. The SMILES string of the molecule is COc1ccc(N2CCCC2)c(CN=[N+]=[N-])c1. The van der Waals surface area contributed by atoms with Gasteiger partial charge in [-0.3, -0.25) is 0 Å². The van der Waals surface area contributed by atoms with Crippen molar-refractivity contribution in [2.24, 2.45) is 5.11 Å². The van der Waals surface area contributed by atoms with Crippen LogP contribution in [0.2, 0.25) is 0 Å². The van der Waals surface area contributed by atoms with Gasteiger partial charge in [-0.25, -0.2) is 0 Å². The van der Waals surface area contributed by atoms with Gasteiger partial charge in [0, 0.05) is 23.7 Å². The number of hydrogen-bond donors (Lipinski definition) is 0. The average molecular weight is 232 g/mol. The van der Waals surface area contributed by atoms with Crippen molar-refractivity contribution >= 4 is 5.69 Å². The highest BCUT2D eigenvalue weighted by molar-refractivity contribution is 5.57. The molecule has 0 N–H and O–H groups in total. The summed E-state index contributed by atoms with van der Waals surface area (Å²) in [5.74, 6) is 0.802. The molecule has 17 heavy (non-hydrogen) atoms. The molecule has 1 heterocycles. The van der Waals surface area contributed by atoms with Gasteiger partial charge in [0.05, 0.1) is 13.7 Å². The average Bonchev–Trinajstić information content (AvgIpc) is 2.89. The second-order valence-electron chi connectivity index (χ2n) is 4.08. The van der Waals surface area contributed by atoms with Crippen LogP contribution in [0.5, 0.6) is 5.75 Å². The first-order valence-electron chi connectivity index (χ1n) is 5.78. The maximum Gasteiger partial charge on any atom is 0.119 e. The Hall–Kier alpha value is -1.87. The number of azide groups is 1. The molecule has 0 spiro atoms. The minimum Gasteiger partial charge on any atom is -0.497 e. The van der Waals surface area contributed by atoms with Crippen LogP contribution in [0.15, 0.2) is 23.3 Å². The van der Waals surface area contributed by atoms with E-state index in [0.29, 0.717) is 6.54 Å². The molecule has 1 aliphatic rings. The van der Waals surface area contributed by atoms with E-state index >= 15 is 0 Å². The van der Waals surface area contributed by atoms with E-state index in [9.17, 15) is 0 Å². The van der Waals surface area contributed by atoms with Crippen LogP contribution in [0.25, 0.3) is 10.4 Å². The third-order valence-corrected chi connectivity index (χ3v) is 3.04. The third-order valence-electron chi connectivity index (χ3n) is 3.04. The second-order valence-corrected chi connectivity index (χ2v) is 4.08. The molecule has 2 rings (SSSR count). The summed E-state index contributed by atoms with van der Waals surface area (Å²) in [5.41, 5.74) is 10.6. The monoisotopic (exact) mass is 232 g/mol. The van der Waals surface area contributed by atoms with Crippen molar-refractivity contribution in [2.75, 3.05) is 25.1 Å². The Kier molecular flexibility index (Phi) is 3.73. The molecule has 1 saturated heterocycles. The molecule has 0 radical (unpaired) electrons. The van der Waals surface area contributed by atoms with E-state index in [1.165, 1.54) is 12.8 Å². The molecule has 1 fully saturated rings. The third kappa shape index (κ3) is 2.63. The van der Waals surface area contributed by atoms with Gasteiger partial charge in [-0.1, -0.05) is 5.11 Å². The van der Waals surface area contributed by atoms with E-state index in [1.807, 2.05) is 18.2 Å². The first-order valence-corrected chi connectivity index (χ1v) is 5.78. The number of hydrogen-bond acceptors (Lipinski definition) is 3. The quantitative estimate of drug-likeness (QED) is 0.455. The smallest absolute Gasteiger partial charge is 0.119 e. The lowest BCUT2D eigenvalue weighted by Crippen LogP contribution is -2.19. The number of anilines is 1. The van der Waals surface area contributed by atoms with Crippen molar-refractivity contribution in [1.82, 2.24) is 0 Å².